The van der Waals surface area contributed by atoms with Crippen molar-refractivity contribution in [3.63, 3.8) is 0 Å². The van der Waals surface area contributed by atoms with Crippen molar-refractivity contribution >= 4 is 50.5 Å². The van der Waals surface area contributed by atoms with Gasteiger partial charge in [-0.15, -0.1) is 0 Å². The van der Waals surface area contributed by atoms with E-state index in [0.717, 1.165) is 11.1 Å². The summed E-state index contributed by atoms with van der Waals surface area (Å²) in [5, 5.41) is 5.99. The molecule has 4 aromatic rings. The van der Waals surface area contributed by atoms with Crippen LogP contribution in [0.2, 0.25) is 0 Å². The van der Waals surface area contributed by atoms with Gasteiger partial charge >= 0.3 is 11.7 Å². The monoisotopic (exact) mass is 634 g/mol. The molecular weight excluding hydrogens is 600 g/mol. The first kappa shape index (κ1) is 30.8. The average Bonchev–Trinajstić information content (AvgIpc) is 2.93. The fourth-order valence-electron chi connectivity index (χ4n) is 4.53. The number of anilines is 2. The maximum absolute atomic E-state index is 13.9. The Hall–Kier alpha value is -4.18. The van der Waals surface area contributed by atoms with Gasteiger partial charge in [0.05, 0.1) is 10.9 Å². The number of ether oxygens (including phenoxy) is 1. The van der Waals surface area contributed by atoms with Crippen LogP contribution in [-0.2, 0) is 22.5 Å². The Balaban J connectivity index is 1.67. The molecule has 0 aliphatic carbocycles. The minimum atomic E-state index is -0.753. The van der Waals surface area contributed by atoms with E-state index >= 15 is 0 Å². The van der Waals surface area contributed by atoms with Crippen molar-refractivity contribution in [1.82, 2.24) is 9.88 Å². The number of hydrogen-bond acceptors (Lipinski definition) is 7. The molecule has 2 amide bonds. The maximum Gasteiger partial charge on any atom is 0.412 e. The van der Waals surface area contributed by atoms with Crippen LogP contribution in [0, 0.1) is 6.92 Å². The standard InChI is InChI=1S/C32H35BrN4O5/c1-6-37(19-22-15-11-8-12-16-22)28(38)25(17-21-13-9-7-10-14-21)34-30-36-27-23(33)18-24(20(2)26(27)29(39)41-30)35-31(40)42-32(3,4)5/h7-16,18,25H,6,17,19H2,1-5H3,(H,34,36)(H,35,40). The zero-order valence-electron chi connectivity index (χ0n) is 24.4. The molecule has 0 aliphatic heterocycles. The second-order valence-corrected chi connectivity index (χ2v) is 11.8. The van der Waals surface area contributed by atoms with E-state index in [1.807, 2.05) is 67.6 Å². The van der Waals surface area contributed by atoms with Gasteiger partial charge in [0.25, 0.3) is 6.01 Å². The van der Waals surface area contributed by atoms with Crippen LogP contribution in [0.3, 0.4) is 0 Å². The number of hydrogen-bond donors (Lipinski definition) is 2. The molecule has 0 radical (unpaired) electrons. The maximum atomic E-state index is 13.9. The van der Waals surface area contributed by atoms with Crippen LogP contribution in [0.5, 0.6) is 0 Å². The van der Waals surface area contributed by atoms with E-state index in [2.05, 4.69) is 31.5 Å². The van der Waals surface area contributed by atoms with Crippen molar-refractivity contribution < 1.29 is 18.7 Å². The van der Waals surface area contributed by atoms with E-state index in [0.29, 0.717) is 40.8 Å². The highest BCUT2D eigenvalue weighted by Gasteiger charge is 2.27. The van der Waals surface area contributed by atoms with E-state index in [9.17, 15) is 14.4 Å². The molecule has 0 saturated heterocycles. The minimum Gasteiger partial charge on any atom is -0.444 e. The molecule has 42 heavy (non-hydrogen) atoms. The van der Waals surface area contributed by atoms with E-state index < -0.39 is 23.4 Å². The highest BCUT2D eigenvalue weighted by Crippen LogP contribution is 2.31. The van der Waals surface area contributed by atoms with Gasteiger partial charge < -0.3 is 19.4 Å². The smallest absolute Gasteiger partial charge is 0.412 e. The van der Waals surface area contributed by atoms with Gasteiger partial charge in [-0.25, -0.2) is 9.59 Å². The third-order valence-electron chi connectivity index (χ3n) is 6.54. The molecular formula is C32H35BrN4O5. The van der Waals surface area contributed by atoms with Crippen molar-refractivity contribution in [2.24, 2.45) is 0 Å². The molecule has 0 aliphatic rings. The van der Waals surface area contributed by atoms with Gasteiger partial charge in [-0.3, -0.25) is 10.1 Å². The molecule has 1 unspecified atom stereocenters. The average molecular weight is 636 g/mol. The largest absolute Gasteiger partial charge is 0.444 e. The third-order valence-corrected chi connectivity index (χ3v) is 7.15. The highest BCUT2D eigenvalue weighted by molar-refractivity contribution is 9.10. The predicted molar refractivity (Wildman–Crippen MR) is 168 cm³/mol. The molecule has 1 aromatic heterocycles. The number of benzene rings is 3. The quantitative estimate of drug-likeness (QED) is 0.211. The van der Waals surface area contributed by atoms with Crippen LogP contribution in [0.25, 0.3) is 10.9 Å². The Morgan fingerprint density at radius 3 is 2.26 bits per heavy atom. The molecule has 0 bridgehead atoms. The molecule has 1 atom stereocenters. The first-order chi connectivity index (χ1) is 19.9. The normalized spacial score (nSPS) is 12.0. The Morgan fingerprint density at radius 1 is 1.05 bits per heavy atom. The molecule has 220 valence electrons. The number of amides is 2. The van der Waals surface area contributed by atoms with Crippen molar-refractivity contribution in [2.75, 3.05) is 17.2 Å². The number of nitrogens with one attached hydrogen (secondary N) is 2. The predicted octanol–water partition coefficient (Wildman–Crippen LogP) is 6.68. The zero-order valence-corrected chi connectivity index (χ0v) is 25.9. The third kappa shape index (κ3) is 7.76. The number of nitrogens with zero attached hydrogens (tertiary/aromatic N) is 2. The molecule has 9 nitrogen and oxygen atoms in total. The summed E-state index contributed by atoms with van der Waals surface area (Å²) in [6.07, 6.45) is -0.293. The van der Waals surface area contributed by atoms with Crippen LogP contribution < -0.4 is 16.3 Å². The Bertz CT molecular complexity index is 1620. The molecule has 3 aromatic carbocycles. The van der Waals surface area contributed by atoms with Crippen LogP contribution in [0.15, 0.2) is 80.4 Å². The minimum absolute atomic E-state index is 0.0782. The summed E-state index contributed by atoms with van der Waals surface area (Å²) in [6.45, 7) is 9.85. The van der Waals surface area contributed by atoms with Crippen LogP contribution in [-0.4, -0.2) is 40.1 Å². The topological polar surface area (TPSA) is 114 Å². The number of aromatic nitrogens is 1. The lowest BCUT2D eigenvalue weighted by molar-refractivity contribution is -0.132. The molecule has 0 fully saturated rings. The first-order valence-electron chi connectivity index (χ1n) is 13.7. The van der Waals surface area contributed by atoms with Crippen LogP contribution >= 0.6 is 15.9 Å². The van der Waals surface area contributed by atoms with Gasteiger partial charge in [0, 0.05) is 29.7 Å². The summed E-state index contributed by atoms with van der Waals surface area (Å²) in [4.78, 5) is 45.8. The summed E-state index contributed by atoms with van der Waals surface area (Å²) >= 11 is 3.48. The summed E-state index contributed by atoms with van der Waals surface area (Å²) in [5.41, 5.74) is 1.81. The van der Waals surface area contributed by atoms with Gasteiger partial charge in [0.1, 0.15) is 11.6 Å². The van der Waals surface area contributed by atoms with E-state index in [-0.39, 0.29) is 17.3 Å². The van der Waals surface area contributed by atoms with E-state index in [1.54, 1.807) is 38.7 Å². The second-order valence-electron chi connectivity index (χ2n) is 10.9. The fourth-order valence-corrected chi connectivity index (χ4v) is 5.05. The van der Waals surface area contributed by atoms with Gasteiger partial charge in [-0.05, 0) is 73.3 Å². The lowest BCUT2D eigenvalue weighted by atomic mass is 10.0. The number of carbonyl (C=O) groups is 2. The number of fused-ring (bicyclic) bond motifs is 1. The van der Waals surface area contributed by atoms with Crippen molar-refractivity contribution in [3.05, 3.63) is 98.3 Å². The van der Waals surface area contributed by atoms with Crippen molar-refractivity contribution in [3.8, 4) is 0 Å². The van der Waals surface area contributed by atoms with E-state index in [1.165, 1.54) is 0 Å². The summed E-state index contributed by atoms with van der Waals surface area (Å²) < 4.78 is 11.4. The zero-order chi connectivity index (χ0) is 30.4. The van der Waals surface area contributed by atoms with Crippen molar-refractivity contribution in [2.45, 2.75) is 59.2 Å². The number of halogens is 1. The summed E-state index contributed by atoms with van der Waals surface area (Å²) in [6, 6.07) is 20.2. The second kappa shape index (κ2) is 13.2. The number of likely N-dealkylation sites (N-methyl/N-ethyl adjacent to an activating group) is 1. The number of rotatable bonds is 9. The first-order valence-corrected chi connectivity index (χ1v) is 14.5. The molecule has 0 saturated carbocycles. The molecule has 4 rings (SSSR count). The van der Waals surface area contributed by atoms with E-state index in [4.69, 9.17) is 9.15 Å². The van der Waals surface area contributed by atoms with Crippen LogP contribution in [0.1, 0.15) is 44.4 Å². The number of aryl methyl sites for hydroxylation is 1. The Labute approximate surface area is 253 Å². The SMILES string of the molecule is CCN(Cc1ccccc1)C(=O)C(Cc1ccccc1)Nc1nc2c(Br)cc(NC(=O)OC(C)(C)C)c(C)c2c(=O)o1. The van der Waals surface area contributed by atoms with Crippen LogP contribution in [0.4, 0.5) is 16.5 Å². The summed E-state index contributed by atoms with van der Waals surface area (Å²) in [7, 11) is 0. The Morgan fingerprint density at radius 2 is 1.67 bits per heavy atom. The Kier molecular flexibility index (Phi) is 9.67. The molecule has 0 spiro atoms. The van der Waals surface area contributed by atoms with Crippen molar-refractivity contribution in [1.29, 1.82) is 0 Å². The number of carbonyl (C=O) groups excluding carboxylic acids is 2. The van der Waals surface area contributed by atoms with Gasteiger partial charge in [-0.2, -0.15) is 4.98 Å². The molecule has 2 N–H and O–H groups in total. The van der Waals surface area contributed by atoms with Gasteiger partial charge in [-0.1, -0.05) is 60.7 Å². The lowest BCUT2D eigenvalue weighted by Gasteiger charge is -2.27. The lowest BCUT2D eigenvalue weighted by Crippen LogP contribution is -2.44. The van der Waals surface area contributed by atoms with Gasteiger partial charge in [0.2, 0.25) is 5.91 Å². The molecule has 10 heteroatoms. The highest BCUT2D eigenvalue weighted by atomic mass is 79.9. The summed E-state index contributed by atoms with van der Waals surface area (Å²) in [5.74, 6) is -0.151. The fraction of sp³-hybridized carbons (Fsp3) is 0.312. The molecule has 1 heterocycles. The van der Waals surface area contributed by atoms with Gasteiger partial charge in [0.15, 0.2) is 0 Å².